The van der Waals surface area contributed by atoms with Gasteiger partial charge in [0.05, 0.1) is 16.7 Å². The maximum atomic E-state index is 13.2. The number of fused-ring (bicyclic) bond motifs is 1. The van der Waals surface area contributed by atoms with Crippen LogP contribution in [0.2, 0.25) is 0 Å². The molecule has 0 spiro atoms. The Morgan fingerprint density at radius 2 is 1.80 bits per heavy atom. The normalized spacial score (nSPS) is 15.6. The van der Waals surface area contributed by atoms with Crippen molar-refractivity contribution >= 4 is 11.0 Å². The highest BCUT2D eigenvalue weighted by atomic mass is 19.1. The lowest BCUT2D eigenvalue weighted by Gasteiger charge is -2.32. The van der Waals surface area contributed by atoms with Crippen molar-refractivity contribution in [3.63, 3.8) is 0 Å². The van der Waals surface area contributed by atoms with Gasteiger partial charge in [-0.15, -0.1) is 0 Å². The zero-order chi connectivity index (χ0) is 20.5. The van der Waals surface area contributed by atoms with E-state index in [2.05, 4.69) is 20.9 Å². The molecular formula is C24H23FN4O. The summed E-state index contributed by atoms with van der Waals surface area (Å²) in [4.78, 5) is 22.3. The van der Waals surface area contributed by atoms with Gasteiger partial charge in [0.15, 0.2) is 0 Å². The molecule has 1 N–H and O–H groups in total. The Labute approximate surface area is 173 Å². The second-order valence-corrected chi connectivity index (χ2v) is 7.88. The Balaban J connectivity index is 1.27. The first kappa shape index (κ1) is 18.8. The number of piperidine rings is 1. The van der Waals surface area contributed by atoms with Crippen LogP contribution in [-0.2, 0) is 6.54 Å². The van der Waals surface area contributed by atoms with Gasteiger partial charge in [-0.25, -0.2) is 9.18 Å². The third-order valence-electron chi connectivity index (χ3n) is 5.92. The predicted molar refractivity (Wildman–Crippen MR) is 116 cm³/mol. The van der Waals surface area contributed by atoms with Crippen molar-refractivity contribution < 1.29 is 4.39 Å². The van der Waals surface area contributed by atoms with Gasteiger partial charge < -0.3 is 4.98 Å². The molecule has 1 aliphatic rings. The van der Waals surface area contributed by atoms with Crippen molar-refractivity contribution in [3.8, 4) is 11.3 Å². The van der Waals surface area contributed by atoms with Crippen molar-refractivity contribution in [3.05, 3.63) is 88.7 Å². The summed E-state index contributed by atoms with van der Waals surface area (Å²) < 4.78 is 15.1. The number of imidazole rings is 1. The maximum Gasteiger partial charge on any atom is 0.326 e. The first-order valence-electron chi connectivity index (χ1n) is 10.3. The second-order valence-electron chi connectivity index (χ2n) is 7.88. The van der Waals surface area contributed by atoms with Gasteiger partial charge in [0.25, 0.3) is 0 Å². The Kier molecular flexibility index (Phi) is 4.93. The molecule has 4 aromatic rings. The number of nitrogens with zero attached hydrogens (tertiary/aromatic N) is 3. The van der Waals surface area contributed by atoms with Crippen molar-refractivity contribution in [2.75, 3.05) is 13.1 Å². The highest BCUT2D eigenvalue weighted by molar-refractivity contribution is 5.75. The van der Waals surface area contributed by atoms with Gasteiger partial charge in [0, 0.05) is 37.4 Å². The first-order chi connectivity index (χ1) is 14.7. The lowest BCUT2D eigenvalue weighted by molar-refractivity contribution is 0.180. The van der Waals surface area contributed by atoms with Crippen LogP contribution in [0.1, 0.15) is 24.4 Å². The van der Waals surface area contributed by atoms with Crippen LogP contribution in [0.15, 0.2) is 71.7 Å². The second kappa shape index (κ2) is 7.88. The molecule has 0 saturated carbocycles. The lowest BCUT2D eigenvalue weighted by Crippen LogP contribution is -2.36. The van der Waals surface area contributed by atoms with E-state index in [1.807, 2.05) is 41.1 Å². The minimum atomic E-state index is -0.243. The van der Waals surface area contributed by atoms with Crippen molar-refractivity contribution in [2.45, 2.75) is 25.4 Å². The van der Waals surface area contributed by atoms with Gasteiger partial charge in [-0.05, 0) is 66.9 Å². The van der Waals surface area contributed by atoms with E-state index < -0.39 is 0 Å². The number of likely N-dealkylation sites (tertiary alicyclic amines) is 1. The molecular weight excluding hydrogens is 379 g/mol. The molecule has 0 radical (unpaired) electrons. The SMILES string of the molecule is O=c1[nH]c2ccccc2n1C1CCN(Cc2ccnc(-c3ccc(F)cc3)c2)CC1. The molecule has 3 heterocycles. The third kappa shape index (κ3) is 3.66. The van der Waals surface area contributed by atoms with Gasteiger partial charge in [-0.2, -0.15) is 0 Å². The Morgan fingerprint density at radius 1 is 1.03 bits per heavy atom. The number of benzene rings is 2. The number of aromatic nitrogens is 3. The molecule has 0 amide bonds. The van der Waals surface area contributed by atoms with E-state index in [0.717, 1.165) is 54.8 Å². The van der Waals surface area contributed by atoms with Crippen molar-refractivity contribution in [2.24, 2.45) is 0 Å². The monoisotopic (exact) mass is 402 g/mol. The summed E-state index contributed by atoms with van der Waals surface area (Å²) in [6.07, 6.45) is 3.70. The van der Waals surface area contributed by atoms with E-state index >= 15 is 0 Å². The Morgan fingerprint density at radius 3 is 2.60 bits per heavy atom. The molecule has 30 heavy (non-hydrogen) atoms. The zero-order valence-corrected chi connectivity index (χ0v) is 16.6. The average molecular weight is 402 g/mol. The van der Waals surface area contributed by atoms with E-state index in [1.165, 1.54) is 17.7 Å². The number of hydrogen-bond acceptors (Lipinski definition) is 3. The number of pyridine rings is 1. The van der Waals surface area contributed by atoms with Gasteiger partial charge >= 0.3 is 5.69 Å². The standard InChI is InChI=1S/C24H23FN4O/c25-19-7-5-18(6-8-19)22-15-17(9-12-26-22)16-28-13-10-20(11-14-28)29-23-4-2-1-3-21(23)27-24(29)30/h1-9,12,15,20H,10-11,13-14,16H2,(H,27,30). The van der Waals surface area contributed by atoms with Gasteiger partial charge in [0.2, 0.25) is 0 Å². The summed E-state index contributed by atoms with van der Waals surface area (Å²) in [7, 11) is 0. The van der Waals surface area contributed by atoms with E-state index in [1.54, 1.807) is 12.1 Å². The first-order valence-corrected chi connectivity index (χ1v) is 10.3. The van der Waals surface area contributed by atoms with Crippen molar-refractivity contribution in [1.82, 2.24) is 19.4 Å². The van der Waals surface area contributed by atoms with E-state index in [0.29, 0.717) is 0 Å². The average Bonchev–Trinajstić information content (AvgIpc) is 3.11. The summed E-state index contributed by atoms with van der Waals surface area (Å²) in [5.74, 6) is -0.243. The van der Waals surface area contributed by atoms with Gasteiger partial charge in [0.1, 0.15) is 5.82 Å². The summed E-state index contributed by atoms with van der Waals surface area (Å²) in [6, 6.07) is 18.6. The molecule has 5 rings (SSSR count). The summed E-state index contributed by atoms with van der Waals surface area (Å²) in [6.45, 7) is 2.71. The van der Waals surface area contributed by atoms with Crippen LogP contribution >= 0.6 is 0 Å². The fourth-order valence-electron chi connectivity index (χ4n) is 4.38. The molecule has 2 aromatic heterocycles. The number of H-pyrrole nitrogens is 1. The minimum absolute atomic E-state index is 0.0206. The number of aromatic amines is 1. The molecule has 152 valence electrons. The molecule has 6 heteroatoms. The van der Waals surface area contributed by atoms with Crippen LogP contribution in [0.5, 0.6) is 0 Å². The van der Waals surface area contributed by atoms with E-state index in [-0.39, 0.29) is 17.5 Å². The Bertz CT molecular complexity index is 1220. The highest BCUT2D eigenvalue weighted by Crippen LogP contribution is 2.26. The van der Waals surface area contributed by atoms with Crippen LogP contribution < -0.4 is 5.69 Å². The largest absolute Gasteiger partial charge is 0.326 e. The topological polar surface area (TPSA) is 53.9 Å². The van der Waals surface area contributed by atoms with Crippen LogP contribution in [0, 0.1) is 5.82 Å². The number of para-hydroxylation sites is 2. The number of hydrogen-bond donors (Lipinski definition) is 1. The molecule has 1 fully saturated rings. The smallest absolute Gasteiger partial charge is 0.306 e. The van der Waals surface area contributed by atoms with E-state index in [4.69, 9.17) is 0 Å². The molecule has 2 aromatic carbocycles. The molecule has 0 atom stereocenters. The zero-order valence-electron chi connectivity index (χ0n) is 16.6. The molecule has 1 saturated heterocycles. The fraction of sp³-hybridized carbons (Fsp3) is 0.250. The minimum Gasteiger partial charge on any atom is -0.306 e. The number of halogens is 1. The van der Waals surface area contributed by atoms with Crippen LogP contribution in [0.25, 0.3) is 22.3 Å². The molecule has 0 aliphatic carbocycles. The van der Waals surface area contributed by atoms with Gasteiger partial charge in [-0.1, -0.05) is 12.1 Å². The lowest BCUT2D eigenvalue weighted by atomic mass is 10.0. The molecule has 0 bridgehead atoms. The third-order valence-corrected chi connectivity index (χ3v) is 5.92. The molecule has 1 aliphatic heterocycles. The van der Waals surface area contributed by atoms with Crippen LogP contribution in [-0.4, -0.2) is 32.5 Å². The Hall–Kier alpha value is -3.25. The molecule has 5 nitrogen and oxygen atoms in total. The van der Waals surface area contributed by atoms with Crippen molar-refractivity contribution in [1.29, 1.82) is 0 Å². The fourth-order valence-corrected chi connectivity index (χ4v) is 4.38. The summed E-state index contributed by atoms with van der Waals surface area (Å²) in [5, 5.41) is 0. The quantitative estimate of drug-likeness (QED) is 0.552. The predicted octanol–water partition coefficient (Wildman–Crippen LogP) is 4.37. The van der Waals surface area contributed by atoms with Gasteiger partial charge in [-0.3, -0.25) is 14.5 Å². The van der Waals surface area contributed by atoms with Crippen LogP contribution in [0.3, 0.4) is 0 Å². The molecule has 0 unspecified atom stereocenters. The number of nitrogens with one attached hydrogen (secondary N) is 1. The summed E-state index contributed by atoms with van der Waals surface area (Å²) in [5.41, 5.74) is 4.82. The summed E-state index contributed by atoms with van der Waals surface area (Å²) >= 11 is 0. The maximum absolute atomic E-state index is 13.2. The highest BCUT2D eigenvalue weighted by Gasteiger charge is 2.23. The van der Waals surface area contributed by atoms with Crippen LogP contribution in [0.4, 0.5) is 4.39 Å². The number of rotatable bonds is 4. The van der Waals surface area contributed by atoms with E-state index in [9.17, 15) is 9.18 Å².